The monoisotopic (exact) mass is 234 g/mol. The minimum Gasteiger partial charge on any atom is -0.355 e. The molecule has 2 N–H and O–H groups in total. The second-order valence-corrected chi connectivity index (χ2v) is 4.81. The first kappa shape index (κ1) is 12.3. The van der Waals surface area contributed by atoms with Crippen LogP contribution in [-0.2, 0) is 0 Å². The predicted octanol–water partition coefficient (Wildman–Crippen LogP) is 1.92. The minimum absolute atomic E-state index is 0.293. The van der Waals surface area contributed by atoms with Crippen LogP contribution in [0.1, 0.15) is 44.7 Å². The molecule has 1 unspecified atom stereocenters. The second kappa shape index (κ2) is 5.45. The number of hydrogen-bond donors (Lipinski definition) is 1. The summed E-state index contributed by atoms with van der Waals surface area (Å²) in [6, 6.07) is 2.43. The lowest BCUT2D eigenvalue weighted by molar-refractivity contribution is 0.620. The molecule has 0 saturated carbocycles. The van der Waals surface area contributed by atoms with Crippen LogP contribution in [0.15, 0.2) is 12.4 Å². The van der Waals surface area contributed by atoms with Gasteiger partial charge in [-0.05, 0) is 19.3 Å². The minimum atomic E-state index is 0.293. The first-order valence-corrected chi connectivity index (χ1v) is 6.57. The Hall–Kier alpha value is -1.16. The lowest BCUT2D eigenvalue weighted by Gasteiger charge is -2.19. The summed E-state index contributed by atoms with van der Waals surface area (Å²) in [7, 11) is 0. The van der Waals surface area contributed by atoms with Gasteiger partial charge < -0.3 is 10.6 Å². The summed E-state index contributed by atoms with van der Waals surface area (Å²) in [4.78, 5) is 11.0. The van der Waals surface area contributed by atoms with E-state index in [0.717, 1.165) is 38.2 Å². The van der Waals surface area contributed by atoms with E-state index in [1.807, 2.05) is 0 Å². The van der Waals surface area contributed by atoms with Gasteiger partial charge in [-0.1, -0.05) is 13.8 Å². The van der Waals surface area contributed by atoms with Crippen LogP contribution in [0.3, 0.4) is 0 Å². The third kappa shape index (κ3) is 2.75. The highest BCUT2D eigenvalue weighted by Crippen LogP contribution is 2.24. The van der Waals surface area contributed by atoms with E-state index < -0.39 is 0 Å². The van der Waals surface area contributed by atoms with Gasteiger partial charge in [-0.15, -0.1) is 0 Å². The molecule has 0 radical (unpaired) electrons. The van der Waals surface area contributed by atoms with Crippen molar-refractivity contribution in [2.75, 3.05) is 18.0 Å². The molecule has 1 aromatic heterocycles. The largest absolute Gasteiger partial charge is 0.355 e. The maximum absolute atomic E-state index is 5.93. The molecule has 1 atom stereocenters. The Labute approximate surface area is 103 Å². The van der Waals surface area contributed by atoms with Gasteiger partial charge in [0.2, 0.25) is 0 Å². The number of anilines is 1. The van der Waals surface area contributed by atoms with Crippen molar-refractivity contribution >= 4 is 5.82 Å². The fraction of sp³-hybridized carbons (Fsp3) is 0.692. The summed E-state index contributed by atoms with van der Waals surface area (Å²) in [5.74, 6) is 1.59. The van der Waals surface area contributed by atoms with Crippen molar-refractivity contribution in [2.24, 2.45) is 5.73 Å². The SMILES string of the molecule is CCC(CC)c1cc(N2CCC(N)C2)ncn1. The molecule has 0 aromatic carbocycles. The molecular weight excluding hydrogens is 212 g/mol. The molecule has 0 amide bonds. The normalized spacial score (nSPS) is 20.2. The van der Waals surface area contributed by atoms with E-state index in [9.17, 15) is 0 Å². The molecule has 94 valence electrons. The van der Waals surface area contributed by atoms with Crippen LogP contribution < -0.4 is 10.6 Å². The number of hydrogen-bond acceptors (Lipinski definition) is 4. The van der Waals surface area contributed by atoms with E-state index in [1.165, 1.54) is 5.69 Å². The van der Waals surface area contributed by atoms with Gasteiger partial charge in [-0.25, -0.2) is 9.97 Å². The maximum Gasteiger partial charge on any atom is 0.132 e. The highest BCUT2D eigenvalue weighted by atomic mass is 15.2. The van der Waals surface area contributed by atoms with Crippen LogP contribution in [0.5, 0.6) is 0 Å². The Balaban J connectivity index is 2.16. The van der Waals surface area contributed by atoms with Crippen LogP contribution in [0.4, 0.5) is 5.82 Å². The molecule has 1 aliphatic rings. The summed E-state index contributed by atoms with van der Waals surface area (Å²) >= 11 is 0. The Morgan fingerprint density at radius 2 is 2.18 bits per heavy atom. The van der Waals surface area contributed by atoms with Crippen molar-refractivity contribution in [2.45, 2.75) is 45.1 Å². The highest BCUT2D eigenvalue weighted by molar-refractivity contribution is 5.41. The van der Waals surface area contributed by atoms with Crippen molar-refractivity contribution in [3.63, 3.8) is 0 Å². The summed E-state index contributed by atoms with van der Waals surface area (Å²) in [6.45, 7) is 6.35. The average molecular weight is 234 g/mol. The molecule has 1 saturated heterocycles. The molecular formula is C13H22N4. The van der Waals surface area contributed by atoms with Crippen LogP contribution in [0, 0.1) is 0 Å². The summed E-state index contributed by atoms with van der Waals surface area (Å²) in [5.41, 5.74) is 7.09. The van der Waals surface area contributed by atoms with Crippen LogP contribution in [-0.4, -0.2) is 29.1 Å². The van der Waals surface area contributed by atoms with Crippen molar-refractivity contribution < 1.29 is 0 Å². The van der Waals surface area contributed by atoms with E-state index in [4.69, 9.17) is 5.73 Å². The van der Waals surface area contributed by atoms with Crippen LogP contribution in [0.25, 0.3) is 0 Å². The molecule has 4 heteroatoms. The summed E-state index contributed by atoms with van der Waals surface area (Å²) in [6.07, 6.45) is 5.01. The van der Waals surface area contributed by atoms with E-state index >= 15 is 0 Å². The Morgan fingerprint density at radius 1 is 1.41 bits per heavy atom. The van der Waals surface area contributed by atoms with Crippen molar-refractivity contribution in [1.82, 2.24) is 9.97 Å². The van der Waals surface area contributed by atoms with Crippen LogP contribution >= 0.6 is 0 Å². The fourth-order valence-electron chi connectivity index (χ4n) is 2.46. The quantitative estimate of drug-likeness (QED) is 0.864. The van der Waals surface area contributed by atoms with Crippen molar-refractivity contribution in [3.8, 4) is 0 Å². The molecule has 0 aliphatic carbocycles. The van der Waals surface area contributed by atoms with E-state index in [0.29, 0.717) is 12.0 Å². The van der Waals surface area contributed by atoms with Crippen LogP contribution in [0.2, 0.25) is 0 Å². The molecule has 0 spiro atoms. The number of rotatable bonds is 4. The lowest BCUT2D eigenvalue weighted by atomic mass is 9.99. The maximum atomic E-state index is 5.93. The molecule has 1 aliphatic heterocycles. The van der Waals surface area contributed by atoms with Gasteiger partial charge in [0.25, 0.3) is 0 Å². The summed E-state index contributed by atoms with van der Waals surface area (Å²) < 4.78 is 0. The first-order valence-electron chi connectivity index (χ1n) is 6.57. The van der Waals surface area contributed by atoms with Gasteiger partial charge in [-0.3, -0.25) is 0 Å². The topological polar surface area (TPSA) is 55.0 Å². The van der Waals surface area contributed by atoms with E-state index in [2.05, 4.69) is 34.8 Å². The molecule has 1 fully saturated rings. The zero-order chi connectivity index (χ0) is 12.3. The molecule has 0 bridgehead atoms. The lowest BCUT2D eigenvalue weighted by Crippen LogP contribution is -2.27. The Bertz CT molecular complexity index is 362. The number of nitrogens with two attached hydrogens (primary N) is 1. The zero-order valence-corrected chi connectivity index (χ0v) is 10.8. The molecule has 17 heavy (non-hydrogen) atoms. The standard InChI is InChI=1S/C13H22N4/c1-3-10(4-2)12-7-13(16-9-15-12)17-6-5-11(14)8-17/h7,9-11H,3-6,8,14H2,1-2H3. The zero-order valence-electron chi connectivity index (χ0n) is 10.8. The van der Waals surface area contributed by atoms with Gasteiger partial charge >= 0.3 is 0 Å². The van der Waals surface area contributed by atoms with Gasteiger partial charge in [0, 0.05) is 36.8 Å². The van der Waals surface area contributed by atoms with E-state index in [1.54, 1.807) is 6.33 Å². The average Bonchev–Trinajstić information content (AvgIpc) is 2.78. The third-order valence-corrected chi connectivity index (χ3v) is 3.63. The van der Waals surface area contributed by atoms with Gasteiger partial charge in [0.15, 0.2) is 0 Å². The molecule has 2 heterocycles. The smallest absolute Gasteiger partial charge is 0.132 e. The number of nitrogens with zero attached hydrogens (tertiary/aromatic N) is 3. The second-order valence-electron chi connectivity index (χ2n) is 4.81. The summed E-state index contributed by atoms with van der Waals surface area (Å²) in [5, 5.41) is 0. The van der Waals surface area contributed by atoms with Gasteiger partial charge in [-0.2, -0.15) is 0 Å². The Kier molecular flexibility index (Phi) is 3.94. The van der Waals surface area contributed by atoms with Gasteiger partial charge in [0.05, 0.1) is 0 Å². The van der Waals surface area contributed by atoms with Crippen molar-refractivity contribution in [1.29, 1.82) is 0 Å². The first-order chi connectivity index (χ1) is 8.24. The third-order valence-electron chi connectivity index (χ3n) is 3.63. The predicted molar refractivity (Wildman–Crippen MR) is 70.2 cm³/mol. The van der Waals surface area contributed by atoms with E-state index in [-0.39, 0.29) is 0 Å². The molecule has 4 nitrogen and oxygen atoms in total. The molecule has 2 rings (SSSR count). The number of aromatic nitrogens is 2. The van der Waals surface area contributed by atoms with Crippen molar-refractivity contribution in [3.05, 3.63) is 18.1 Å². The van der Waals surface area contributed by atoms with Gasteiger partial charge in [0.1, 0.15) is 12.1 Å². The molecule has 1 aromatic rings. The fourth-order valence-corrected chi connectivity index (χ4v) is 2.46. The Morgan fingerprint density at radius 3 is 2.76 bits per heavy atom. The highest BCUT2D eigenvalue weighted by Gasteiger charge is 2.21.